The van der Waals surface area contributed by atoms with Crippen LogP contribution in [0, 0.1) is 0 Å². The summed E-state index contributed by atoms with van der Waals surface area (Å²) in [6.07, 6.45) is 0. The van der Waals surface area contributed by atoms with E-state index in [0.29, 0.717) is 37.2 Å². The van der Waals surface area contributed by atoms with Crippen molar-refractivity contribution in [2.24, 2.45) is 0 Å². The number of ketones is 1. The highest BCUT2D eigenvalue weighted by Gasteiger charge is 2.24. The quantitative estimate of drug-likeness (QED) is 0.570. The zero-order valence-electron chi connectivity index (χ0n) is 13.5. The van der Waals surface area contributed by atoms with Gasteiger partial charge in [0.1, 0.15) is 5.69 Å². The van der Waals surface area contributed by atoms with Gasteiger partial charge in [0.15, 0.2) is 5.78 Å². The molecule has 0 aliphatic carbocycles. The third-order valence-corrected chi connectivity index (χ3v) is 4.70. The van der Waals surface area contributed by atoms with Gasteiger partial charge in [0.25, 0.3) is 0 Å². The van der Waals surface area contributed by atoms with Crippen molar-refractivity contribution in [2.45, 2.75) is 0 Å². The normalized spacial score (nSPS) is 10.9. The van der Waals surface area contributed by atoms with Gasteiger partial charge < -0.3 is 15.0 Å². The first-order chi connectivity index (χ1) is 12.3. The number of carbonyl (C=O) groups excluding carboxylic acids is 1. The second-order valence-corrected chi connectivity index (χ2v) is 7.03. The predicted molar refractivity (Wildman–Crippen MR) is 104 cm³/mol. The van der Waals surface area contributed by atoms with Crippen molar-refractivity contribution in [3.05, 3.63) is 62.7 Å². The molecule has 0 unspecified atom stereocenters. The summed E-state index contributed by atoms with van der Waals surface area (Å²) < 4.78 is 0. The van der Waals surface area contributed by atoms with Crippen LogP contribution in [0.3, 0.4) is 0 Å². The number of aromatic nitrogens is 1. The number of anilines is 1. The lowest BCUT2D eigenvalue weighted by molar-refractivity contribution is 0.0691. The highest BCUT2D eigenvalue weighted by molar-refractivity contribution is 6.40. The van der Waals surface area contributed by atoms with E-state index in [0.717, 1.165) is 0 Å². The molecule has 0 radical (unpaired) electrons. The monoisotopic (exact) mass is 410 g/mol. The topological polar surface area (TPSA) is 73.4 Å². The number of nitrogens with one attached hydrogen (secondary N) is 1. The summed E-state index contributed by atoms with van der Waals surface area (Å²) in [5.74, 6) is -1.34. The van der Waals surface area contributed by atoms with E-state index in [9.17, 15) is 14.7 Å². The van der Waals surface area contributed by atoms with Gasteiger partial charge in [-0.1, -0.05) is 34.8 Å². The fourth-order valence-electron chi connectivity index (χ4n) is 2.79. The molecule has 0 bridgehead atoms. The van der Waals surface area contributed by atoms with Crippen LogP contribution in [0.2, 0.25) is 15.1 Å². The Labute approximate surface area is 164 Å². The molecule has 3 rings (SSSR count). The third-order valence-electron chi connectivity index (χ3n) is 3.93. The number of aromatic carboxylic acids is 1. The molecule has 0 amide bonds. The van der Waals surface area contributed by atoms with Crippen molar-refractivity contribution < 1.29 is 14.7 Å². The smallest absolute Gasteiger partial charge is 0.354 e. The number of aromatic amines is 1. The Hall–Kier alpha value is -2.21. The van der Waals surface area contributed by atoms with Crippen LogP contribution in [0.25, 0.3) is 10.9 Å². The van der Waals surface area contributed by atoms with Gasteiger partial charge in [0.05, 0.1) is 22.8 Å². The lowest BCUT2D eigenvalue weighted by atomic mass is 10.1. The molecule has 2 N–H and O–H groups in total. The second kappa shape index (κ2) is 7.19. The SMILES string of the molecule is CN(CC(=O)c1ccc(Cl)cc1)c1c(C(=O)O)[nH]c2cc(Cl)cc(Cl)c12. The number of Topliss-reactive ketones (excluding diaryl/α,β-unsaturated/α-hetero) is 1. The predicted octanol–water partition coefficient (Wildman–Crippen LogP) is 5.15. The molecule has 0 aliphatic rings. The molecule has 0 atom stereocenters. The molecule has 134 valence electrons. The fourth-order valence-corrected chi connectivity index (χ4v) is 3.50. The van der Waals surface area contributed by atoms with Gasteiger partial charge in [-0.15, -0.1) is 0 Å². The number of nitrogens with zero attached hydrogens (tertiary/aromatic N) is 1. The number of halogens is 3. The fraction of sp³-hybridized carbons (Fsp3) is 0.111. The van der Waals surface area contributed by atoms with Gasteiger partial charge in [-0.2, -0.15) is 0 Å². The lowest BCUT2D eigenvalue weighted by Crippen LogP contribution is -2.27. The molecule has 0 saturated carbocycles. The van der Waals surface area contributed by atoms with Crippen LogP contribution in [0.15, 0.2) is 36.4 Å². The number of hydrogen-bond acceptors (Lipinski definition) is 3. The van der Waals surface area contributed by atoms with Crippen molar-refractivity contribution in [1.29, 1.82) is 0 Å². The van der Waals surface area contributed by atoms with Gasteiger partial charge >= 0.3 is 5.97 Å². The summed E-state index contributed by atoms with van der Waals surface area (Å²) in [6, 6.07) is 9.62. The lowest BCUT2D eigenvalue weighted by Gasteiger charge is -2.19. The minimum Gasteiger partial charge on any atom is -0.477 e. The van der Waals surface area contributed by atoms with Gasteiger partial charge in [-0.25, -0.2) is 4.79 Å². The van der Waals surface area contributed by atoms with Crippen molar-refractivity contribution in [3.63, 3.8) is 0 Å². The molecule has 5 nitrogen and oxygen atoms in total. The maximum atomic E-state index is 12.5. The number of rotatable bonds is 5. The Kier molecular flexibility index (Phi) is 5.14. The van der Waals surface area contributed by atoms with Crippen LogP contribution in [0.1, 0.15) is 20.8 Å². The summed E-state index contributed by atoms with van der Waals surface area (Å²) in [4.78, 5) is 28.5. The highest BCUT2D eigenvalue weighted by atomic mass is 35.5. The molecule has 1 aromatic heterocycles. The van der Waals surface area contributed by atoms with Gasteiger partial charge in [0.2, 0.25) is 0 Å². The van der Waals surface area contributed by atoms with E-state index in [-0.39, 0.29) is 18.0 Å². The van der Waals surface area contributed by atoms with E-state index < -0.39 is 5.97 Å². The average molecular weight is 412 g/mol. The van der Waals surface area contributed by atoms with E-state index in [4.69, 9.17) is 34.8 Å². The van der Waals surface area contributed by atoms with Crippen molar-refractivity contribution in [2.75, 3.05) is 18.5 Å². The van der Waals surface area contributed by atoms with Crippen LogP contribution in [-0.2, 0) is 0 Å². The molecular formula is C18H13Cl3N2O3. The molecule has 1 heterocycles. The Morgan fingerprint density at radius 3 is 2.35 bits per heavy atom. The van der Waals surface area contributed by atoms with Crippen LogP contribution in [-0.4, -0.2) is 35.4 Å². The van der Waals surface area contributed by atoms with E-state index >= 15 is 0 Å². The summed E-state index contributed by atoms with van der Waals surface area (Å²) >= 11 is 18.1. The third kappa shape index (κ3) is 3.51. The molecule has 3 aromatic rings. The molecule has 2 aromatic carbocycles. The van der Waals surface area contributed by atoms with E-state index in [1.807, 2.05) is 0 Å². The Balaban J connectivity index is 2.03. The Morgan fingerprint density at radius 2 is 1.73 bits per heavy atom. The molecule has 26 heavy (non-hydrogen) atoms. The van der Waals surface area contributed by atoms with E-state index in [1.54, 1.807) is 42.3 Å². The van der Waals surface area contributed by atoms with Crippen LogP contribution in [0.4, 0.5) is 5.69 Å². The maximum absolute atomic E-state index is 12.5. The Bertz CT molecular complexity index is 1010. The second-order valence-electron chi connectivity index (χ2n) is 5.75. The van der Waals surface area contributed by atoms with Crippen molar-refractivity contribution in [3.8, 4) is 0 Å². The van der Waals surface area contributed by atoms with E-state index in [1.165, 1.54) is 6.07 Å². The number of carboxylic acid groups (broad SMARTS) is 1. The first-order valence-corrected chi connectivity index (χ1v) is 8.65. The first kappa shape index (κ1) is 18.6. The number of carboxylic acids is 1. The number of carbonyl (C=O) groups is 2. The molecule has 0 fully saturated rings. The summed E-state index contributed by atoms with van der Waals surface area (Å²) in [5, 5.41) is 11.2. The summed E-state index contributed by atoms with van der Waals surface area (Å²) in [7, 11) is 1.63. The summed E-state index contributed by atoms with van der Waals surface area (Å²) in [5.41, 5.74) is 1.24. The molecular weight excluding hydrogens is 399 g/mol. The van der Waals surface area contributed by atoms with Crippen molar-refractivity contribution in [1.82, 2.24) is 4.98 Å². The summed E-state index contributed by atoms with van der Waals surface area (Å²) in [6.45, 7) is -0.0339. The van der Waals surface area contributed by atoms with Crippen LogP contribution >= 0.6 is 34.8 Å². The number of fused-ring (bicyclic) bond motifs is 1. The molecule has 0 spiro atoms. The molecule has 0 aliphatic heterocycles. The zero-order chi connectivity index (χ0) is 19.0. The van der Waals surface area contributed by atoms with Gasteiger partial charge in [-0.3, -0.25) is 4.79 Å². The zero-order valence-corrected chi connectivity index (χ0v) is 15.8. The maximum Gasteiger partial charge on any atom is 0.354 e. The number of hydrogen-bond donors (Lipinski definition) is 2. The number of benzene rings is 2. The van der Waals surface area contributed by atoms with Crippen LogP contribution < -0.4 is 4.90 Å². The Morgan fingerprint density at radius 1 is 1.08 bits per heavy atom. The minimum atomic E-state index is -1.16. The molecule has 8 heteroatoms. The standard InChI is InChI=1S/C18H13Cl3N2O3/c1-23(8-14(24)9-2-4-10(19)5-3-9)17-15-12(21)6-11(20)7-13(15)22-16(17)18(25)26/h2-7,22H,8H2,1H3,(H,25,26). The molecule has 0 saturated heterocycles. The number of likely N-dealkylation sites (N-methyl/N-ethyl adjacent to an activating group) is 1. The van der Waals surface area contributed by atoms with Gasteiger partial charge in [0, 0.05) is 28.0 Å². The minimum absolute atomic E-state index is 0.0339. The van der Waals surface area contributed by atoms with Crippen LogP contribution in [0.5, 0.6) is 0 Å². The highest BCUT2D eigenvalue weighted by Crippen LogP contribution is 2.37. The van der Waals surface area contributed by atoms with Crippen molar-refractivity contribution >= 4 is 63.1 Å². The van der Waals surface area contributed by atoms with E-state index in [2.05, 4.69) is 4.98 Å². The van der Waals surface area contributed by atoms with Gasteiger partial charge in [-0.05, 0) is 36.4 Å². The first-order valence-electron chi connectivity index (χ1n) is 7.52. The average Bonchev–Trinajstić information content (AvgIpc) is 2.95. The number of H-pyrrole nitrogens is 1. The largest absolute Gasteiger partial charge is 0.477 e.